The Morgan fingerprint density at radius 1 is 1.00 bits per heavy atom. The summed E-state index contributed by atoms with van der Waals surface area (Å²) in [5, 5.41) is 2.95. The van der Waals surface area contributed by atoms with Gasteiger partial charge in [-0.15, -0.1) is 0 Å². The highest BCUT2D eigenvalue weighted by molar-refractivity contribution is 9.10. The monoisotopic (exact) mass is 467 g/mol. The number of halogens is 1. The van der Waals surface area contributed by atoms with E-state index in [0.29, 0.717) is 25.2 Å². The van der Waals surface area contributed by atoms with Gasteiger partial charge in [0.25, 0.3) is 0 Å². The number of para-hydroxylation sites is 1. The summed E-state index contributed by atoms with van der Waals surface area (Å²) in [7, 11) is 0. The van der Waals surface area contributed by atoms with E-state index in [2.05, 4.69) is 21.2 Å². The molecule has 2 aromatic carbocycles. The molecule has 0 aromatic heterocycles. The maximum Gasteiger partial charge on any atom is 0.322 e. The minimum atomic E-state index is -0.200. The van der Waals surface area contributed by atoms with Crippen LogP contribution < -0.4 is 5.32 Å². The van der Waals surface area contributed by atoms with Crippen molar-refractivity contribution in [3.63, 3.8) is 0 Å². The molecule has 154 valence electrons. The van der Waals surface area contributed by atoms with Crippen LogP contribution in [0.15, 0.2) is 65.2 Å². The van der Waals surface area contributed by atoms with Gasteiger partial charge in [-0.2, -0.15) is 0 Å². The van der Waals surface area contributed by atoms with Crippen LogP contribution in [0.5, 0.6) is 0 Å². The number of anilines is 1. The number of hydrogen-bond acceptors (Lipinski definition) is 3. The van der Waals surface area contributed by atoms with Gasteiger partial charge in [-0.05, 0) is 54.8 Å². The maximum atomic E-state index is 12.5. The quantitative estimate of drug-likeness (QED) is 0.540. The van der Waals surface area contributed by atoms with Crippen molar-refractivity contribution < 1.29 is 14.4 Å². The summed E-state index contributed by atoms with van der Waals surface area (Å²) in [5.74, 6) is -0.373. The molecule has 6 nitrogen and oxygen atoms in total. The number of carbonyl (C=O) groups is 3. The van der Waals surface area contributed by atoms with Crippen LogP contribution in [0.4, 0.5) is 10.5 Å². The van der Waals surface area contributed by atoms with Crippen LogP contribution in [-0.2, 0) is 11.3 Å². The summed E-state index contributed by atoms with van der Waals surface area (Å²) in [6, 6.07) is 14.8. The van der Waals surface area contributed by atoms with E-state index in [4.69, 9.17) is 0 Å². The molecule has 0 unspecified atom stereocenters. The lowest BCUT2D eigenvalue weighted by Gasteiger charge is -2.40. The molecular weight excluding hydrogens is 446 g/mol. The normalized spacial score (nSPS) is 17.0. The fourth-order valence-electron chi connectivity index (χ4n) is 3.88. The molecule has 4 rings (SSSR count). The minimum absolute atomic E-state index is 0.0848. The molecule has 7 heteroatoms. The number of urea groups is 1. The third-order valence-corrected chi connectivity index (χ3v) is 6.11. The first kappa shape index (κ1) is 20.3. The van der Waals surface area contributed by atoms with Gasteiger partial charge < -0.3 is 15.1 Å². The number of nitrogens with one attached hydrogen (secondary N) is 1. The van der Waals surface area contributed by atoms with Gasteiger partial charge in [0.05, 0.1) is 0 Å². The van der Waals surface area contributed by atoms with Gasteiger partial charge in [0.2, 0.25) is 5.91 Å². The first-order valence-electron chi connectivity index (χ1n) is 9.93. The average molecular weight is 468 g/mol. The molecule has 0 bridgehead atoms. The minimum Gasteiger partial charge on any atom is -0.339 e. The highest BCUT2D eigenvalue weighted by Crippen LogP contribution is 2.27. The van der Waals surface area contributed by atoms with Crippen LogP contribution in [-0.4, -0.2) is 46.7 Å². The third-order valence-electron chi connectivity index (χ3n) is 5.58. The van der Waals surface area contributed by atoms with Gasteiger partial charge in [-0.25, -0.2) is 4.79 Å². The smallest absolute Gasteiger partial charge is 0.322 e. The Kier molecular flexibility index (Phi) is 5.99. The first-order chi connectivity index (χ1) is 14.5. The zero-order valence-electron chi connectivity index (χ0n) is 16.4. The molecule has 0 saturated carbocycles. The molecule has 0 atom stereocenters. The maximum absolute atomic E-state index is 12.5. The molecule has 3 amide bonds. The molecular formula is C23H22BrN3O3. The van der Waals surface area contributed by atoms with Gasteiger partial charge in [-0.1, -0.05) is 34.1 Å². The Morgan fingerprint density at radius 3 is 2.43 bits per heavy atom. The van der Waals surface area contributed by atoms with E-state index in [-0.39, 0.29) is 23.8 Å². The number of benzene rings is 2. The largest absolute Gasteiger partial charge is 0.339 e. The van der Waals surface area contributed by atoms with Crippen LogP contribution in [0.1, 0.15) is 28.8 Å². The summed E-state index contributed by atoms with van der Waals surface area (Å²) < 4.78 is 0.896. The van der Waals surface area contributed by atoms with Gasteiger partial charge in [0.15, 0.2) is 5.78 Å². The predicted octanol–water partition coefficient (Wildman–Crippen LogP) is 4.23. The van der Waals surface area contributed by atoms with Crippen molar-refractivity contribution in [2.45, 2.75) is 25.4 Å². The number of carbonyl (C=O) groups excluding carboxylic acids is 3. The number of nitrogens with zero attached hydrogens (tertiary/aromatic N) is 2. The number of fused-ring (bicyclic) bond motifs is 1. The van der Waals surface area contributed by atoms with E-state index in [9.17, 15) is 14.4 Å². The van der Waals surface area contributed by atoms with Crippen molar-refractivity contribution in [3.05, 3.63) is 76.3 Å². The van der Waals surface area contributed by atoms with Crippen molar-refractivity contribution in [1.82, 2.24) is 9.80 Å². The van der Waals surface area contributed by atoms with E-state index < -0.39 is 0 Å². The van der Waals surface area contributed by atoms with E-state index in [1.54, 1.807) is 29.2 Å². The second-order valence-corrected chi connectivity index (χ2v) is 8.39. The zero-order chi connectivity index (χ0) is 21.1. The van der Waals surface area contributed by atoms with Gasteiger partial charge in [0, 0.05) is 47.5 Å². The summed E-state index contributed by atoms with van der Waals surface area (Å²) in [4.78, 5) is 40.8. The second-order valence-electron chi connectivity index (χ2n) is 7.48. The van der Waals surface area contributed by atoms with E-state index >= 15 is 0 Å². The molecule has 2 aromatic rings. The Labute approximate surface area is 183 Å². The summed E-state index contributed by atoms with van der Waals surface area (Å²) >= 11 is 3.34. The number of hydrogen-bond donors (Lipinski definition) is 1. The van der Waals surface area contributed by atoms with Crippen LogP contribution in [0.3, 0.4) is 0 Å². The number of piperidine rings is 1. The van der Waals surface area contributed by atoms with Crippen LogP contribution >= 0.6 is 15.9 Å². The first-order valence-corrected chi connectivity index (χ1v) is 10.7. The Hall–Kier alpha value is -2.93. The molecule has 0 aliphatic carbocycles. The lowest BCUT2D eigenvalue weighted by Crippen LogP contribution is -2.50. The number of ketones is 1. The number of amides is 3. The lowest BCUT2D eigenvalue weighted by molar-refractivity contribution is -0.127. The summed E-state index contributed by atoms with van der Waals surface area (Å²) in [6.45, 7) is 1.71. The Bertz CT molecular complexity index is 995. The highest BCUT2D eigenvalue weighted by Gasteiger charge is 2.32. The van der Waals surface area contributed by atoms with Crippen molar-refractivity contribution in [2.75, 3.05) is 18.4 Å². The van der Waals surface area contributed by atoms with Crippen LogP contribution in [0.2, 0.25) is 0 Å². The molecule has 0 radical (unpaired) electrons. The Morgan fingerprint density at radius 2 is 1.70 bits per heavy atom. The molecule has 2 aliphatic rings. The number of allylic oxidation sites excluding steroid dienone is 1. The fourth-order valence-corrected chi connectivity index (χ4v) is 4.14. The standard InChI is InChI=1S/C23H22BrN3O3/c24-18-7-5-16(6-8-18)21(28)9-10-22(29)26-13-11-19(12-14-26)27-15-17-3-1-2-4-20(17)25-23(27)30/h1-10,19H,11-15H2,(H,25,30). The third kappa shape index (κ3) is 4.46. The van der Waals surface area contributed by atoms with Gasteiger partial charge in [-0.3, -0.25) is 9.59 Å². The summed E-state index contributed by atoms with van der Waals surface area (Å²) in [5.41, 5.74) is 2.51. The van der Waals surface area contributed by atoms with Crippen LogP contribution in [0.25, 0.3) is 0 Å². The van der Waals surface area contributed by atoms with E-state index in [0.717, 1.165) is 28.6 Å². The van der Waals surface area contributed by atoms with Gasteiger partial charge in [0.1, 0.15) is 0 Å². The van der Waals surface area contributed by atoms with Crippen molar-refractivity contribution in [2.24, 2.45) is 0 Å². The van der Waals surface area contributed by atoms with E-state index in [1.807, 2.05) is 29.2 Å². The number of likely N-dealkylation sites (tertiary alicyclic amines) is 1. The van der Waals surface area contributed by atoms with E-state index in [1.165, 1.54) is 12.2 Å². The number of rotatable bonds is 4. The van der Waals surface area contributed by atoms with Crippen molar-refractivity contribution in [3.8, 4) is 0 Å². The van der Waals surface area contributed by atoms with Crippen LogP contribution in [0, 0.1) is 0 Å². The van der Waals surface area contributed by atoms with Gasteiger partial charge >= 0.3 is 6.03 Å². The molecule has 2 aliphatic heterocycles. The molecule has 2 heterocycles. The predicted molar refractivity (Wildman–Crippen MR) is 118 cm³/mol. The lowest BCUT2D eigenvalue weighted by atomic mass is 10.0. The molecule has 1 N–H and O–H groups in total. The fraction of sp³-hybridized carbons (Fsp3) is 0.261. The molecule has 0 spiro atoms. The molecule has 1 fully saturated rings. The topological polar surface area (TPSA) is 69.7 Å². The zero-order valence-corrected chi connectivity index (χ0v) is 18.0. The molecule has 30 heavy (non-hydrogen) atoms. The highest BCUT2D eigenvalue weighted by atomic mass is 79.9. The summed E-state index contributed by atoms with van der Waals surface area (Å²) in [6.07, 6.45) is 4.10. The SMILES string of the molecule is O=C(C=CC(=O)N1CCC(N2Cc3ccccc3NC2=O)CC1)c1ccc(Br)cc1. The average Bonchev–Trinajstić information content (AvgIpc) is 2.77. The molecule has 1 saturated heterocycles. The Balaban J connectivity index is 1.32. The second kappa shape index (κ2) is 8.83. The van der Waals surface area contributed by atoms with Crippen molar-refractivity contribution >= 4 is 39.3 Å². The van der Waals surface area contributed by atoms with Crippen molar-refractivity contribution in [1.29, 1.82) is 0 Å².